The first-order valence-corrected chi connectivity index (χ1v) is 14.5. The number of aryl methyl sites for hydroxylation is 1. The van der Waals surface area contributed by atoms with Crippen molar-refractivity contribution in [3.05, 3.63) is 139 Å². The highest BCUT2D eigenvalue weighted by molar-refractivity contribution is 6.12. The Kier molecular flexibility index (Phi) is 5.41. The number of hydrogen-bond donors (Lipinski definition) is 0. The monoisotopic (exact) mass is 562 g/mol. The van der Waals surface area contributed by atoms with Crippen molar-refractivity contribution in [3.8, 4) is 44.6 Å². The lowest BCUT2D eigenvalue weighted by Crippen LogP contribution is -2.10. The molecule has 0 aliphatic heterocycles. The van der Waals surface area contributed by atoms with Gasteiger partial charge in [-0.05, 0) is 69.7 Å². The minimum atomic E-state index is -2.51. The van der Waals surface area contributed by atoms with E-state index in [9.17, 15) is 0 Å². The van der Waals surface area contributed by atoms with Crippen LogP contribution >= 0.6 is 0 Å². The fourth-order valence-corrected chi connectivity index (χ4v) is 5.69. The van der Waals surface area contributed by atoms with Gasteiger partial charge in [0.05, 0.1) is 5.69 Å². The summed E-state index contributed by atoms with van der Waals surface area (Å²) in [6.45, 7) is 2.80. The Morgan fingerprint density at radius 3 is 1.74 bits per heavy atom. The van der Waals surface area contributed by atoms with Crippen molar-refractivity contribution in [2.75, 3.05) is 0 Å². The average Bonchev–Trinajstić information content (AvgIpc) is 3.47. The van der Waals surface area contributed by atoms with Crippen LogP contribution < -0.4 is 0 Å². The molecule has 0 spiro atoms. The van der Waals surface area contributed by atoms with E-state index in [1.165, 1.54) is 17.3 Å². The Labute approximate surface area is 260 Å². The van der Waals surface area contributed by atoms with Crippen molar-refractivity contribution >= 4 is 21.9 Å². The van der Waals surface area contributed by atoms with Crippen molar-refractivity contribution < 1.29 is 11.3 Å². The van der Waals surface area contributed by atoms with Gasteiger partial charge in [-0.15, -0.1) is 0 Å². The summed E-state index contributed by atoms with van der Waals surface area (Å²) in [5.74, 6) is 0. The molecule has 0 saturated carbocycles. The van der Waals surface area contributed by atoms with Crippen LogP contribution in [0.5, 0.6) is 0 Å². The van der Waals surface area contributed by atoms with E-state index in [-0.39, 0.29) is 11.1 Å². The minimum Gasteiger partial charge on any atom is -0.455 e. The lowest BCUT2D eigenvalue weighted by atomic mass is 9.86. The minimum absolute atomic E-state index is 0.0826. The average molecular weight is 563 g/mol. The van der Waals surface area contributed by atoms with E-state index in [0.717, 1.165) is 38.6 Å². The maximum absolute atomic E-state index is 8.95. The Morgan fingerprint density at radius 2 is 1.16 bits per heavy atom. The Hall–Kier alpha value is -4.95. The molecule has 0 aliphatic rings. The van der Waals surface area contributed by atoms with E-state index in [0.29, 0.717) is 16.8 Å². The maximum atomic E-state index is 8.95. The number of hydrogen-bond acceptors (Lipinski definition) is 2. The molecule has 43 heavy (non-hydrogen) atoms. The predicted octanol–water partition coefficient (Wildman–Crippen LogP) is 11.5. The number of pyridine rings is 1. The topological polar surface area (TPSA) is 26.0 Å². The second kappa shape index (κ2) is 10.7. The molecular weight excluding hydrogens is 522 g/mol. The second-order valence-corrected chi connectivity index (χ2v) is 12.0. The SMILES string of the molecule is [2H]C([2H])([2H])c1cnc(-c2cccc3c2oc2c(-c4ccc(-c5ccc(-c6ccccc6)cc5)cc4)cccc23)cc1C([2H])([2H])C(C)(C)C. The van der Waals surface area contributed by atoms with Crippen LogP contribution in [0.25, 0.3) is 66.6 Å². The van der Waals surface area contributed by atoms with E-state index < -0.39 is 18.6 Å². The van der Waals surface area contributed by atoms with Gasteiger partial charge in [0.2, 0.25) is 0 Å². The second-order valence-electron chi connectivity index (χ2n) is 12.0. The number of benzene rings is 5. The van der Waals surface area contributed by atoms with Crippen molar-refractivity contribution in [2.24, 2.45) is 5.41 Å². The van der Waals surface area contributed by atoms with Crippen molar-refractivity contribution in [1.29, 1.82) is 0 Å². The molecule has 0 N–H and O–H groups in total. The number of furan rings is 1. The lowest BCUT2D eigenvalue weighted by molar-refractivity contribution is 0.410. The Bertz CT molecular complexity index is 2260. The molecule has 7 aromatic rings. The van der Waals surface area contributed by atoms with Crippen molar-refractivity contribution in [3.63, 3.8) is 0 Å². The summed E-state index contributed by atoms with van der Waals surface area (Å²) in [4.78, 5) is 4.55. The summed E-state index contributed by atoms with van der Waals surface area (Å²) in [6, 6.07) is 40.9. The third-order valence-electron chi connectivity index (χ3n) is 7.74. The highest BCUT2D eigenvalue weighted by atomic mass is 16.3. The van der Waals surface area contributed by atoms with Crippen molar-refractivity contribution in [2.45, 2.75) is 34.0 Å². The molecule has 0 fully saturated rings. The summed E-state index contributed by atoms with van der Waals surface area (Å²) in [5.41, 5.74) is 8.27. The van der Waals surface area contributed by atoms with E-state index in [4.69, 9.17) is 11.3 Å². The Morgan fingerprint density at radius 1 is 0.628 bits per heavy atom. The first-order valence-electron chi connectivity index (χ1n) is 17.0. The van der Waals surface area contributed by atoms with Gasteiger partial charge in [-0.1, -0.05) is 130 Å². The molecule has 0 aliphatic carbocycles. The molecule has 0 atom stereocenters. The normalized spacial score (nSPS) is 14.2. The molecule has 0 radical (unpaired) electrons. The number of aromatic nitrogens is 1. The molecule has 2 nitrogen and oxygen atoms in total. The van der Waals surface area contributed by atoms with E-state index in [2.05, 4.69) is 65.6 Å². The fourth-order valence-electron chi connectivity index (χ4n) is 5.69. The zero-order valence-corrected chi connectivity index (χ0v) is 24.5. The summed E-state index contributed by atoms with van der Waals surface area (Å²) >= 11 is 0. The van der Waals surface area contributed by atoms with E-state index in [1.54, 1.807) is 26.8 Å². The van der Waals surface area contributed by atoms with Gasteiger partial charge in [0.1, 0.15) is 11.2 Å². The molecule has 0 unspecified atom stereocenters. The highest BCUT2D eigenvalue weighted by Gasteiger charge is 2.18. The molecule has 2 heterocycles. The largest absolute Gasteiger partial charge is 0.455 e. The van der Waals surface area contributed by atoms with Gasteiger partial charge in [0.25, 0.3) is 0 Å². The molecule has 2 aromatic heterocycles. The third kappa shape index (κ3) is 5.26. The Balaban J connectivity index is 1.29. The van der Waals surface area contributed by atoms with Crippen LogP contribution in [0.4, 0.5) is 0 Å². The summed E-state index contributed by atoms with van der Waals surface area (Å²) in [6.07, 6.45) is -0.635. The third-order valence-corrected chi connectivity index (χ3v) is 7.74. The number of rotatable bonds is 5. The van der Waals surface area contributed by atoms with Gasteiger partial charge < -0.3 is 4.42 Å². The number of fused-ring (bicyclic) bond motifs is 3. The molecule has 2 heteroatoms. The smallest absolute Gasteiger partial charge is 0.144 e. The van der Waals surface area contributed by atoms with Crippen molar-refractivity contribution in [1.82, 2.24) is 4.98 Å². The van der Waals surface area contributed by atoms with Gasteiger partial charge in [-0.25, -0.2) is 0 Å². The summed E-state index contributed by atoms with van der Waals surface area (Å²) in [7, 11) is 0. The van der Waals surface area contributed by atoms with Crippen LogP contribution in [0.2, 0.25) is 0 Å². The number of nitrogens with zero attached hydrogens (tertiary/aromatic N) is 1. The zero-order valence-electron chi connectivity index (χ0n) is 29.5. The van der Waals surface area contributed by atoms with Crippen LogP contribution in [0.3, 0.4) is 0 Å². The van der Waals surface area contributed by atoms with Crippen LogP contribution in [0, 0.1) is 12.3 Å². The zero-order chi connectivity index (χ0) is 33.8. The van der Waals surface area contributed by atoms with Gasteiger partial charge in [0, 0.05) is 34.9 Å². The quantitative estimate of drug-likeness (QED) is 0.208. The molecule has 210 valence electrons. The molecule has 5 aromatic carbocycles. The summed E-state index contributed by atoms with van der Waals surface area (Å²) in [5, 5.41) is 1.86. The van der Waals surface area contributed by atoms with Crippen LogP contribution in [0.15, 0.2) is 132 Å². The molecule has 0 saturated heterocycles. The van der Waals surface area contributed by atoms with Crippen LogP contribution in [0.1, 0.15) is 38.8 Å². The maximum Gasteiger partial charge on any atom is 0.144 e. The van der Waals surface area contributed by atoms with Gasteiger partial charge >= 0.3 is 0 Å². The van der Waals surface area contributed by atoms with E-state index in [1.807, 2.05) is 54.6 Å². The number of para-hydroxylation sites is 2. The molecule has 7 rings (SSSR count). The van der Waals surface area contributed by atoms with Crippen LogP contribution in [-0.4, -0.2) is 4.98 Å². The van der Waals surface area contributed by atoms with Gasteiger partial charge in [-0.2, -0.15) is 0 Å². The lowest BCUT2D eigenvalue weighted by Gasteiger charge is -2.20. The molecule has 0 bridgehead atoms. The standard InChI is InChI=1S/C41H35NO/c1-27-26-42-38(24-33(27)25-41(2,3)4)37-15-9-14-36-35-13-8-12-34(39(35)43-40(36)37)32-22-20-31(21-23-32)30-18-16-29(17-19-30)28-10-6-5-7-11-28/h5-24,26H,25H2,1-4H3/i1D3,25D2. The molecular formula is C41H35NO. The predicted molar refractivity (Wildman–Crippen MR) is 181 cm³/mol. The first kappa shape index (κ1) is 21.7. The van der Waals surface area contributed by atoms with Gasteiger partial charge in [0.15, 0.2) is 0 Å². The highest BCUT2D eigenvalue weighted by Crippen LogP contribution is 2.40. The fraction of sp³-hybridized carbons (Fsp3) is 0.146. The van der Waals surface area contributed by atoms with Crippen LogP contribution in [-0.2, 0) is 6.37 Å². The summed E-state index contributed by atoms with van der Waals surface area (Å²) < 4.78 is 48.8. The van der Waals surface area contributed by atoms with E-state index >= 15 is 0 Å². The van der Waals surface area contributed by atoms with Gasteiger partial charge in [-0.3, -0.25) is 4.98 Å². The first-order chi connectivity index (χ1) is 22.8. The molecule has 0 amide bonds.